The summed E-state index contributed by atoms with van der Waals surface area (Å²) in [6.45, 7) is 1.60. The van der Waals surface area contributed by atoms with Crippen molar-refractivity contribution in [2.45, 2.75) is 13.0 Å². The van der Waals surface area contributed by atoms with Gasteiger partial charge in [-0.25, -0.2) is 0 Å². The highest BCUT2D eigenvalue weighted by Gasteiger charge is 2.06. The van der Waals surface area contributed by atoms with E-state index in [0.717, 1.165) is 0 Å². The lowest BCUT2D eigenvalue weighted by Gasteiger charge is -2.07. The molecule has 4 heteroatoms. The second-order valence-electron chi connectivity index (χ2n) is 2.97. The Labute approximate surface area is 82.3 Å². The molecule has 72 valence electrons. The molecule has 0 radical (unpaired) electrons. The van der Waals surface area contributed by atoms with Gasteiger partial charge in [-0.3, -0.25) is 4.79 Å². The molecule has 0 aliphatic carbocycles. The summed E-state index contributed by atoms with van der Waals surface area (Å²) in [5.74, 6) is -0.264. The maximum Gasteiger partial charge on any atom is 0.240 e. The summed E-state index contributed by atoms with van der Waals surface area (Å²) < 4.78 is 0. The highest BCUT2D eigenvalue weighted by atomic mass is 16.2. The minimum atomic E-state index is -0.555. The zero-order valence-corrected chi connectivity index (χ0v) is 7.82. The molecule has 14 heavy (non-hydrogen) atoms. The first-order chi connectivity index (χ1) is 6.63. The van der Waals surface area contributed by atoms with Gasteiger partial charge in [-0.05, 0) is 25.1 Å². The van der Waals surface area contributed by atoms with E-state index in [1.807, 2.05) is 6.07 Å². The normalized spacial score (nSPS) is 11.5. The molecule has 0 bridgehead atoms. The van der Waals surface area contributed by atoms with E-state index in [1.165, 1.54) is 0 Å². The Kier molecular flexibility index (Phi) is 3.21. The number of nitrogens with two attached hydrogens (primary N) is 1. The molecule has 0 aromatic heterocycles. The van der Waals surface area contributed by atoms with Crippen LogP contribution in [0.5, 0.6) is 0 Å². The lowest BCUT2D eigenvalue weighted by molar-refractivity contribution is -0.117. The molecule has 0 spiro atoms. The van der Waals surface area contributed by atoms with Crippen molar-refractivity contribution in [1.82, 2.24) is 0 Å². The molecule has 1 unspecified atom stereocenters. The number of carbonyl (C=O) groups is 1. The number of nitrogens with zero attached hydrogens (tertiary/aromatic N) is 1. The predicted molar refractivity (Wildman–Crippen MR) is 53.4 cm³/mol. The van der Waals surface area contributed by atoms with E-state index >= 15 is 0 Å². The smallest absolute Gasteiger partial charge is 0.240 e. The molecule has 1 aromatic rings. The zero-order valence-electron chi connectivity index (χ0n) is 7.82. The maximum absolute atomic E-state index is 11.2. The van der Waals surface area contributed by atoms with E-state index in [4.69, 9.17) is 11.0 Å². The molecule has 1 aromatic carbocycles. The van der Waals surface area contributed by atoms with Crippen molar-refractivity contribution in [2.75, 3.05) is 5.32 Å². The molecule has 3 N–H and O–H groups in total. The molecule has 0 saturated carbocycles. The van der Waals surface area contributed by atoms with Gasteiger partial charge in [0.05, 0.1) is 17.7 Å². The Morgan fingerprint density at radius 3 is 2.93 bits per heavy atom. The molecule has 1 amide bonds. The van der Waals surface area contributed by atoms with Gasteiger partial charge >= 0.3 is 0 Å². The molecule has 0 fully saturated rings. The van der Waals surface area contributed by atoms with E-state index in [0.29, 0.717) is 11.3 Å². The van der Waals surface area contributed by atoms with Crippen LogP contribution in [0.2, 0.25) is 0 Å². The average Bonchev–Trinajstić information content (AvgIpc) is 2.18. The average molecular weight is 189 g/mol. The number of nitriles is 1. The minimum absolute atomic E-state index is 0.264. The number of nitrogens with one attached hydrogen (secondary N) is 1. The largest absolute Gasteiger partial charge is 0.325 e. The summed E-state index contributed by atoms with van der Waals surface area (Å²) in [7, 11) is 0. The quantitative estimate of drug-likeness (QED) is 0.723. The van der Waals surface area contributed by atoms with Crippen LogP contribution in [-0.2, 0) is 4.79 Å². The fourth-order valence-electron chi connectivity index (χ4n) is 0.923. The first-order valence-corrected chi connectivity index (χ1v) is 4.20. The lowest BCUT2D eigenvalue weighted by Crippen LogP contribution is -2.32. The number of hydrogen-bond acceptors (Lipinski definition) is 3. The van der Waals surface area contributed by atoms with E-state index in [-0.39, 0.29) is 5.91 Å². The van der Waals surface area contributed by atoms with Crippen molar-refractivity contribution in [1.29, 1.82) is 5.26 Å². The molecule has 1 rings (SSSR count). The van der Waals surface area contributed by atoms with Crippen molar-refractivity contribution >= 4 is 11.6 Å². The van der Waals surface area contributed by atoms with Gasteiger partial charge < -0.3 is 11.1 Å². The van der Waals surface area contributed by atoms with Gasteiger partial charge in [-0.2, -0.15) is 5.26 Å². The second kappa shape index (κ2) is 4.40. The molecule has 0 heterocycles. The van der Waals surface area contributed by atoms with Crippen molar-refractivity contribution in [2.24, 2.45) is 5.73 Å². The standard InChI is InChI=1S/C10H11N3O/c1-7(12)10(14)13-9-4-2-3-8(5-9)6-11/h2-5,7H,12H2,1H3,(H,13,14). The van der Waals surface area contributed by atoms with Crippen molar-refractivity contribution in [3.63, 3.8) is 0 Å². The van der Waals surface area contributed by atoms with Crippen molar-refractivity contribution < 1.29 is 4.79 Å². The van der Waals surface area contributed by atoms with Crippen molar-refractivity contribution in [3.8, 4) is 6.07 Å². The van der Waals surface area contributed by atoms with E-state index in [2.05, 4.69) is 5.32 Å². The minimum Gasteiger partial charge on any atom is -0.325 e. The Morgan fingerprint density at radius 1 is 1.64 bits per heavy atom. The lowest BCUT2D eigenvalue weighted by atomic mass is 10.2. The van der Waals surface area contributed by atoms with Gasteiger partial charge in [0.1, 0.15) is 0 Å². The summed E-state index contributed by atoms with van der Waals surface area (Å²) in [4.78, 5) is 11.2. The van der Waals surface area contributed by atoms with Gasteiger partial charge in [0, 0.05) is 5.69 Å². The Morgan fingerprint density at radius 2 is 2.36 bits per heavy atom. The van der Waals surface area contributed by atoms with Crippen LogP contribution in [0.15, 0.2) is 24.3 Å². The summed E-state index contributed by atoms with van der Waals surface area (Å²) in [5, 5.41) is 11.2. The van der Waals surface area contributed by atoms with Gasteiger partial charge in [-0.1, -0.05) is 6.07 Å². The molecule has 0 aliphatic heterocycles. The van der Waals surface area contributed by atoms with E-state index in [9.17, 15) is 4.79 Å². The summed E-state index contributed by atoms with van der Waals surface area (Å²) in [6.07, 6.45) is 0. The van der Waals surface area contributed by atoms with Gasteiger partial charge in [0.2, 0.25) is 5.91 Å². The molecule has 1 atom stereocenters. The number of carbonyl (C=O) groups excluding carboxylic acids is 1. The van der Waals surface area contributed by atoms with Gasteiger partial charge in [0.25, 0.3) is 0 Å². The number of amides is 1. The van der Waals surface area contributed by atoms with Gasteiger partial charge in [0.15, 0.2) is 0 Å². The third-order valence-electron chi connectivity index (χ3n) is 1.67. The highest BCUT2D eigenvalue weighted by molar-refractivity contribution is 5.94. The molecule has 0 aliphatic rings. The zero-order chi connectivity index (χ0) is 10.6. The van der Waals surface area contributed by atoms with Crippen LogP contribution >= 0.6 is 0 Å². The van der Waals surface area contributed by atoms with Crippen LogP contribution in [-0.4, -0.2) is 11.9 Å². The SMILES string of the molecule is CC(N)C(=O)Nc1cccc(C#N)c1. The second-order valence-corrected chi connectivity index (χ2v) is 2.97. The molecule has 0 saturated heterocycles. The Hall–Kier alpha value is -1.86. The highest BCUT2D eigenvalue weighted by Crippen LogP contribution is 2.09. The van der Waals surface area contributed by atoms with Crippen LogP contribution < -0.4 is 11.1 Å². The van der Waals surface area contributed by atoms with Crippen LogP contribution in [0, 0.1) is 11.3 Å². The topological polar surface area (TPSA) is 78.9 Å². The fourth-order valence-corrected chi connectivity index (χ4v) is 0.923. The monoisotopic (exact) mass is 189 g/mol. The summed E-state index contributed by atoms with van der Waals surface area (Å²) >= 11 is 0. The van der Waals surface area contributed by atoms with Crippen LogP contribution in [0.1, 0.15) is 12.5 Å². The van der Waals surface area contributed by atoms with Crippen LogP contribution in [0.3, 0.4) is 0 Å². The first-order valence-electron chi connectivity index (χ1n) is 4.20. The molecular formula is C10H11N3O. The van der Waals surface area contributed by atoms with Crippen molar-refractivity contribution in [3.05, 3.63) is 29.8 Å². The Balaban J connectivity index is 2.78. The number of anilines is 1. The molecule has 4 nitrogen and oxygen atoms in total. The number of rotatable bonds is 2. The fraction of sp³-hybridized carbons (Fsp3) is 0.200. The summed E-state index contributed by atoms with van der Waals surface area (Å²) in [6, 6.07) is 8.11. The van der Waals surface area contributed by atoms with Gasteiger partial charge in [-0.15, -0.1) is 0 Å². The Bertz CT molecular complexity index is 379. The number of hydrogen-bond donors (Lipinski definition) is 2. The summed E-state index contributed by atoms with van der Waals surface area (Å²) in [5.41, 5.74) is 6.47. The molecular weight excluding hydrogens is 178 g/mol. The van der Waals surface area contributed by atoms with Crippen LogP contribution in [0.25, 0.3) is 0 Å². The predicted octanol–water partition coefficient (Wildman–Crippen LogP) is 0.844. The maximum atomic E-state index is 11.2. The van der Waals surface area contributed by atoms with E-state index in [1.54, 1.807) is 31.2 Å². The number of benzene rings is 1. The first kappa shape index (κ1) is 10.2. The third kappa shape index (κ3) is 2.57. The van der Waals surface area contributed by atoms with Crippen LogP contribution in [0.4, 0.5) is 5.69 Å². The van der Waals surface area contributed by atoms with E-state index < -0.39 is 6.04 Å². The third-order valence-corrected chi connectivity index (χ3v) is 1.67.